The van der Waals surface area contributed by atoms with E-state index >= 15 is 0 Å². The second kappa shape index (κ2) is 8.43. The maximum atomic E-state index is 13.8. The van der Waals surface area contributed by atoms with Crippen molar-refractivity contribution in [3.63, 3.8) is 0 Å². The van der Waals surface area contributed by atoms with E-state index < -0.39 is 35.5 Å². The van der Waals surface area contributed by atoms with Crippen LogP contribution in [0.2, 0.25) is 0 Å². The van der Waals surface area contributed by atoms with Gasteiger partial charge in [0.25, 0.3) is 0 Å². The van der Waals surface area contributed by atoms with Crippen molar-refractivity contribution >= 4 is 23.4 Å². The van der Waals surface area contributed by atoms with E-state index in [1.165, 1.54) is 0 Å². The minimum absolute atomic E-state index is 0.128. The highest BCUT2D eigenvalue weighted by atomic mass is 35.5. The maximum Gasteiger partial charge on any atom is 0.486 e. The molecule has 36 heavy (non-hydrogen) atoms. The van der Waals surface area contributed by atoms with Gasteiger partial charge in [0.05, 0.1) is 41.8 Å². The summed E-state index contributed by atoms with van der Waals surface area (Å²) in [6, 6.07) is 0. The van der Waals surface area contributed by atoms with E-state index in [2.05, 4.69) is 10.6 Å². The molecule has 5 saturated carbocycles. The molecule has 2 N–H and O–H groups in total. The van der Waals surface area contributed by atoms with Crippen LogP contribution in [0.4, 0.5) is 13.2 Å². The Hall–Kier alpha value is -1.14. The third-order valence-corrected chi connectivity index (χ3v) is 9.73. The van der Waals surface area contributed by atoms with Crippen molar-refractivity contribution in [1.29, 1.82) is 0 Å². The summed E-state index contributed by atoms with van der Waals surface area (Å²) in [6.45, 7) is 1.91. The molecule has 5 aliphatic carbocycles. The van der Waals surface area contributed by atoms with E-state index in [0.29, 0.717) is 32.1 Å². The molecule has 0 radical (unpaired) electrons. The number of ether oxygens (including phenoxy) is 4. The Balaban J connectivity index is 0.975. The zero-order valence-electron chi connectivity index (χ0n) is 20.1. The number of hydrogen-bond donors (Lipinski definition) is 2. The van der Waals surface area contributed by atoms with E-state index in [4.69, 9.17) is 30.5 Å². The molecule has 2 heterocycles. The van der Waals surface area contributed by atoms with E-state index in [1.807, 2.05) is 6.92 Å². The predicted molar refractivity (Wildman–Crippen MR) is 119 cm³/mol. The average molecular weight is 537 g/mol. The molecule has 8 atom stereocenters. The Morgan fingerprint density at radius 3 is 2.36 bits per heavy atom. The van der Waals surface area contributed by atoms with Crippen LogP contribution in [0.1, 0.15) is 58.3 Å². The summed E-state index contributed by atoms with van der Waals surface area (Å²) in [4.78, 5) is 25.8. The molecule has 8 nitrogen and oxygen atoms in total. The van der Waals surface area contributed by atoms with Gasteiger partial charge in [-0.1, -0.05) is 0 Å². The van der Waals surface area contributed by atoms with E-state index in [0.717, 1.165) is 0 Å². The lowest BCUT2D eigenvalue weighted by Gasteiger charge is -2.70. The molecule has 2 amide bonds. The van der Waals surface area contributed by atoms with Gasteiger partial charge < -0.3 is 20.1 Å². The quantitative estimate of drug-likeness (QED) is 0.507. The lowest BCUT2D eigenvalue weighted by atomic mass is 9.44. The Labute approximate surface area is 212 Å². The molecule has 7 aliphatic rings. The van der Waals surface area contributed by atoms with Crippen LogP contribution in [-0.4, -0.2) is 78.4 Å². The molecule has 7 unspecified atom stereocenters. The standard InChI is InChI=1S/C24H32ClF3N2O6/c1-21(11-34-16-6-18-17(5-13(16)21)35-24(27,28)36-18)20(32)30-23-8-22(9-23,10-23)29-19(31)7-33-12-2-3-14(25)15(26)4-12/h12-18H,2-11H2,1H3,(H,29,31)(H,30,32)/t12?,13?,14?,15?,16?,17?,18?,21-,22?,23?/m1/s1. The molecule has 0 aromatic rings. The van der Waals surface area contributed by atoms with Gasteiger partial charge in [-0.25, -0.2) is 4.39 Å². The van der Waals surface area contributed by atoms with Crippen LogP contribution < -0.4 is 10.6 Å². The number of carbonyl (C=O) groups excluding carboxylic acids is 2. The van der Waals surface area contributed by atoms with Gasteiger partial charge in [-0.3, -0.25) is 19.1 Å². The number of alkyl halides is 4. The van der Waals surface area contributed by atoms with Gasteiger partial charge in [0.15, 0.2) is 0 Å². The number of carbonyl (C=O) groups is 2. The Kier molecular flexibility index (Phi) is 5.89. The van der Waals surface area contributed by atoms with Gasteiger partial charge in [0.2, 0.25) is 11.8 Å². The fourth-order valence-electron chi connectivity index (χ4n) is 7.36. The zero-order valence-corrected chi connectivity index (χ0v) is 20.8. The second-order valence-electron chi connectivity index (χ2n) is 12.0. The van der Waals surface area contributed by atoms with Gasteiger partial charge >= 0.3 is 6.29 Å². The minimum Gasteiger partial charge on any atom is -0.377 e. The lowest BCUT2D eigenvalue weighted by molar-refractivity contribution is -0.351. The molecule has 2 saturated heterocycles. The molecule has 12 heteroatoms. The molecule has 2 bridgehead atoms. The van der Waals surface area contributed by atoms with Crippen molar-refractivity contribution in [1.82, 2.24) is 10.6 Å². The fourth-order valence-corrected chi connectivity index (χ4v) is 7.59. The topological polar surface area (TPSA) is 95.1 Å². The molecule has 7 fully saturated rings. The highest BCUT2D eigenvalue weighted by Crippen LogP contribution is 2.61. The van der Waals surface area contributed by atoms with Crippen LogP contribution in [0, 0.1) is 11.3 Å². The van der Waals surface area contributed by atoms with Crippen LogP contribution in [0.3, 0.4) is 0 Å². The van der Waals surface area contributed by atoms with Gasteiger partial charge in [0, 0.05) is 29.8 Å². The average Bonchev–Trinajstić information content (AvgIpc) is 3.25. The largest absolute Gasteiger partial charge is 0.486 e. The van der Waals surface area contributed by atoms with Crippen LogP contribution in [0.5, 0.6) is 0 Å². The Morgan fingerprint density at radius 2 is 1.67 bits per heavy atom. The van der Waals surface area contributed by atoms with Gasteiger partial charge in [0.1, 0.15) is 12.8 Å². The Bertz CT molecular complexity index is 922. The number of fused-ring (bicyclic) bond motifs is 2. The third kappa shape index (κ3) is 4.22. The summed E-state index contributed by atoms with van der Waals surface area (Å²) in [5.41, 5.74) is -1.57. The second-order valence-corrected chi connectivity index (χ2v) is 12.6. The molecular weight excluding hydrogens is 505 g/mol. The van der Waals surface area contributed by atoms with Crippen molar-refractivity contribution in [3.05, 3.63) is 0 Å². The summed E-state index contributed by atoms with van der Waals surface area (Å²) < 4.78 is 61.8. The summed E-state index contributed by atoms with van der Waals surface area (Å²) in [7, 11) is 0. The first-order valence-corrected chi connectivity index (χ1v) is 13.2. The van der Waals surface area contributed by atoms with Crippen molar-refractivity contribution in [2.24, 2.45) is 11.3 Å². The van der Waals surface area contributed by atoms with E-state index in [1.54, 1.807) is 0 Å². The molecule has 0 aromatic carbocycles. The SMILES string of the molecule is C[C@@]1(C(=O)NC23CC(NC(=O)COC4CCC(Cl)C(F)C4)(C2)C3)COC2CC3OC(F)(F)OC3CC21. The summed E-state index contributed by atoms with van der Waals surface area (Å²) >= 11 is 5.89. The molecule has 0 spiro atoms. The molecule has 2 aliphatic heterocycles. The highest BCUT2D eigenvalue weighted by Gasteiger charge is 2.70. The van der Waals surface area contributed by atoms with Crippen molar-refractivity contribution in [3.8, 4) is 0 Å². The van der Waals surface area contributed by atoms with Crippen LogP contribution in [0.25, 0.3) is 0 Å². The third-order valence-electron chi connectivity index (χ3n) is 9.23. The van der Waals surface area contributed by atoms with Crippen LogP contribution in [0.15, 0.2) is 0 Å². The van der Waals surface area contributed by atoms with Gasteiger partial charge in [-0.15, -0.1) is 20.4 Å². The lowest BCUT2D eigenvalue weighted by Crippen LogP contribution is -2.84. The van der Waals surface area contributed by atoms with E-state index in [9.17, 15) is 22.8 Å². The number of amides is 2. The van der Waals surface area contributed by atoms with Gasteiger partial charge in [-0.05, 0) is 45.4 Å². The van der Waals surface area contributed by atoms with Crippen molar-refractivity contribution < 1.29 is 41.7 Å². The normalized spacial score (nSPS) is 50.3. The number of nitrogens with one attached hydrogen (secondary N) is 2. The fraction of sp³-hybridized carbons (Fsp3) is 0.917. The van der Waals surface area contributed by atoms with Crippen LogP contribution in [-0.2, 0) is 28.5 Å². The first-order chi connectivity index (χ1) is 16.9. The molecule has 202 valence electrons. The smallest absolute Gasteiger partial charge is 0.377 e. The van der Waals surface area contributed by atoms with Crippen LogP contribution >= 0.6 is 11.6 Å². The molecule has 7 rings (SSSR count). The summed E-state index contributed by atoms with van der Waals surface area (Å²) in [5.74, 6) is -0.644. The highest BCUT2D eigenvalue weighted by molar-refractivity contribution is 6.21. The molecular formula is C24H32ClF3N2O6. The molecule has 0 aromatic heterocycles. The summed E-state index contributed by atoms with van der Waals surface area (Å²) in [5, 5.41) is 5.69. The first kappa shape index (κ1) is 25.2. The number of rotatable bonds is 6. The summed E-state index contributed by atoms with van der Waals surface area (Å²) in [6.07, 6.45) is -3.05. The monoisotopic (exact) mass is 536 g/mol. The zero-order chi connectivity index (χ0) is 25.5. The number of halogens is 4. The predicted octanol–water partition coefficient (Wildman–Crippen LogP) is 2.56. The van der Waals surface area contributed by atoms with Crippen molar-refractivity contribution in [2.45, 2.75) is 112 Å². The minimum atomic E-state index is -3.60. The van der Waals surface area contributed by atoms with E-state index in [-0.39, 0.29) is 73.5 Å². The number of hydrogen-bond acceptors (Lipinski definition) is 6. The van der Waals surface area contributed by atoms with Gasteiger partial charge in [-0.2, -0.15) is 0 Å². The Morgan fingerprint density at radius 1 is 1.00 bits per heavy atom. The van der Waals surface area contributed by atoms with Crippen molar-refractivity contribution in [2.75, 3.05) is 13.2 Å². The maximum absolute atomic E-state index is 13.8. The first-order valence-electron chi connectivity index (χ1n) is 12.8.